The first-order valence-electron chi connectivity index (χ1n) is 7.96. The minimum absolute atomic E-state index is 0.149. The monoisotopic (exact) mass is 390 g/mol. The second-order valence-corrected chi connectivity index (χ2v) is 5.75. The van der Waals surface area contributed by atoms with Gasteiger partial charge in [0, 0.05) is 18.3 Å². The van der Waals surface area contributed by atoms with Gasteiger partial charge in [-0.2, -0.15) is 0 Å². The Bertz CT molecular complexity index is 831. The molecule has 1 heterocycles. The number of hydrogen-bond donors (Lipinski definition) is 1. The van der Waals surface area contributed by atoms with Crippen LogP contribution in [-0.2, 0) is 14.3 Å². The van der Waals surface area contributed by atoms with Crippen LogP contribution in [0.25, 0.3) is 6.08 Å². The normalized spacial score (nSPS) is 11.7. The molecule has 0 bridgehead atoms. The number of carbonyl (C=O) groups excluding carboxylic acids is 2. The minimum atomic E-state index is -1.02. The fourth-order valence-electron chi connectivity index (χ4n) is 2.07. The van der Waals surface area contributed by atoms with Crippen LogP contribution in [0.15, 0.2) is 42.6 Å². The number of halogens is 1. The van der Waals surface area contributed by atoms with Crippen molar-refractivity contribution in [3.8, 4) is 11.5 Å². The Morgan fingerprint density at radius 3 is 2.44 bits per heavy atom. The van der Waals surface area contributed by atoms with Gasteiger partial charge in [-0.25, -0.2) is 9.78 Å². The third kappa shape index (κ3) is 6.00. The highest BCUT2D eigenvalue weighted by atomic mass is 35.5. The molecule has 0 aliphatic carbocycles. The largest absolute Gasteiger partial charge is 0.497 e. The molecule has 142 valence electrons. The molecule has 0 radical (unpaired) electrons. The number of nitrogens with one attached hydrogen (secondary N) is 1. The summed E-state index contributed by atoms with van der Waals surface area (Å²) in [6, 6.07) is 8.40. The number of rotatable bonds is 7. The van der Waals surface area contributed by atoms with Crippen molar-refractivity contribution in [3.05, 3.63) is 53.3 Å². The maximum atomic E-state index is 12.1. The van der Waals surface area contributed by atoms with Crippen LogP contribution in [0.1, 0.15) is 12.5 Å². The van der Waals surface area contributed by atoms with Crippen molar-refractivity contribution in [2.75, 3.05) is 19.5 Å². The summed E-state index contributed by atoms with van der Waals surface area (Å²) >= 11 is 5.88. The van der Waals surface area contributed by atoms with E-state index < -0.39 is 18.0 Å². The number of pyridine rings is 1. The Labute approximate surface area is 161 Å². The summed E-state index contributed by atoms with van der Waals surface area (Å²) in [5.41, 5.74) is 1.02. The Balaban J connectivity index is 1.97. The molecule has 1 aromatic carbocycles. The molecule has 1 N–H and O–H groups in total. The minimum Gasteiger partial charge on any atom is -0.497 e. The lowest BCUT2D eigenvalue weighted by Gasteiger charge is -2.12. The highest BCUT2D eigenvalue weighted by Crippen LogP contribution is 2.23. The van der Waals surface area contributed by atoms with Crippen molar-refractivity contribution in [1.29, 1.82) is 0 Å². The average Bonchev–Trinajstić information content (AvgIpc) is 2.67. The third-order valence-electron chi connectivity index (χ3n) is 3.46. The van der Waals surface area contributed by atoms with E-state index in [4.69, 9.17) is 25.8 Å². The fraction of sp³-hybridized carbons (Fsp3) is 0.211. The molecular weight excluding hydrogens is 372 g/mol. The van der Waals surface area contributed by atoms with E-state index >= 15 is 0 Å². The average molecular weight is 391 g/mol. The Kier molecular flexibility index (Phi) is 7.19. The topological polar surface area (TPSA) is 86.8 Å². The standard InChI is InChI=1S/C19H19ClN2O5/c1-12(19(24)22-16-5-4-8-21-18(16)20)27-17(23)7-6-13-9-14(25-2)11-15(10-13)26-3/h4-12H,1-3H3,(H,22,24)/b7-6+/t12-/m1/s1. The van der Waals surface area contributed by atoms with E-state index in [9.17, 15) is 9.59 Å². The number of carbonyl (C=O) groups is 2. The van der Waals surface area contributed by atoms with Crippen molar-refractivity contribution >= 4 is 35.2 Å². The van der Waals surface area contributed by atoms with Crippen molar-refractivity contribution in [3.63, 3.8) is 0 Å². The molecule has 0 spiro atoms. The number of aromatic nitrogens is 1. The van der Waals surface area contributed by atoms with Crippen molar-refractivity contribution in [2.45, 2.75) is 13.0 Å². The van der Waals surface area contributed by atoms with E-state index in [2.05, 4.69) is 10.3 Å². The zero-order valence-corrected chi connectivity index (χ0v) is 15.8. The predicted molar refractivity (Wildman–Crippen MR) is 102 cm³/mol. The molecule has 2 rings (SSSR count). The molecule has 0 saturated carbocycles. The van der Waals surface area contributed by atoms with E-state index in [1.165, 1.54) is 39.5 Å². The molecule has 1 amide bonds. The molecule has 0 saturated heterocycles. The van der Waals surface area contributed by atoms with Crippen LogP contribution in [0.2, 0.25) is 5.15 Å². The molecule has 1 aromatic heterocycles. The summed E-state index contributed by atoms with van der Waals surface area (Å²) in [5.74, 6) is -0.0154. The van der Waals surface area contributed by atoms with E-state index in [-0.39, 0.29) is 5.15 Å². The lowest BCUT2D eigenvalue weighted by atomic mass is 10.2. The molecule has 0 unspecified atom stereocenters. The van der Waals surface area contributed by atoms with Gasteiger partial charge >= 0.3 is 5.97 Å². The summed E-state index contributed by atoms with van der Waals surface area (Å²) in [5, 5.41) is 2.70. The zero-order chi connectivity index (χ0) is 19.8. The summed E-state index contributed by atoms with van der Waals surface area (Å²) in [4.78, 5) is 27.9. The first-order valence-corrected chi connectivity index (χ1v) is 8.34. The van der Waals surface area contributed by atoms with Crippen molar-refractivity contribution in [1.82, 2.24) is 4.98 Å². The number of anilines is 1. The number of esters is 1. The van der Waals surface area contributed by atoms with Gasteiger partial charge in [-0.05, 0) is 42.8 Å². The van der Waals surface area contributed by atoms with Crippen LogP contribution in [0.4, 0.5) is 5.69 Å². The van der Waals surface area contributed by atoms with Crippen LogP contribution >= 0.6 is 11.6 Å². The van der Waals surface area contributed by atoms with Crippen LogP contribution in [-0.4, -0.2) is 37.2 Å². The SMILES string of the molecule is COc1cc(/C=C/C(=O)O[C@H](C)C(=O)Nc2cccnc2Cl)cc(OC)c1. The quantitative estimate of drug-likeness (QED) is 0.443. The summed E-state index contributed by atoms with van der Waals surface area (Å²) < 4.78 is 15.4. The Hall–Kier alpha value is -3.06. The highest BCUT2D eigenvalue weighted by molar-refractivity contribution is 6.32. The first-order chi connectivity index (χ1) is 12.9. The molecule has 7 nitrogen and oxygen atoms in total. The van der Waals surface area contributed by atoms with E-state index in [0.29, 0.717) is 22.7 Å². The second kappa shape index (κ2) is 9.59. The number of nitrogens with zero attached hydrogens (tertiary/aromatic N) is 1. The van der Waals surface area contributed by atoms with Gasteiger partial charge < -0.3 is 19.5 Å². The van der Waals surface area contributed by atoms with Crippen molar-refractivity contribution in [2.24, 2.45) is 0 Å². The lowest BCUT2D eigenvalue weighted by Crippen LogP contribution is -2.29. The Morgan fingerprint density at radius 2 is 1.85 bits per heavy atom. The number of benzene rings is 1. The molecule has 2 aromatic rings. The van der Waals surface area contributed by atoms with E-state index in [0.717, 1.165) is 0 Å². The van der Waals surface area contributed by atoms with E-state index in [1.54, 1.807) is 30.3 Å². The molecule has 0 aliphatic heterocycles. The number of ether oxygens (including phenoxy) is 3. The van der Waals surface area contributed by atoms with Gasteiger partial charge in [0.2, 0.25) is 0 Å². The van der Waals surface area contributed by atoms with Crippen molar-refractivity contribution < 1.29 is 23.8 Å². The van der Waals surface area contributed by atoms with Crippen LogP contribution < -0.4 is 14.8 Å². The number of amides is 1. The second-order valence-electron chi connectivity index (χ2n) is 5.39. The van der Waals surface area contributed by atoms with Gasteiger partial charge in [-0.1, -0.05) is 11.6 Å². The summed E-state index contributed by atoms with van der Waals surface area (Å²) in [6.45, 7) is 1.46. The molecular formula is C19H19ClN2O5. The van der Waals surface area contributed by atoms with Gasteiger partial charge in [0.25, 0.3) is 5.91 Å². The number of hydrogen-bond acceptors (Lipinski definition) is 6. The highest BCUT2D eigenvalue weighted by Gasteiger charge is 2.17. The fourth-order valence-corrected chi connectivity index (χ4v) is 2.24. The molecule has 0 fully saturated rings. The lowest BCUT2D eigenvalue weighted by molar-refractivity contribution is -0.148. The zero-order valence-electron chi connectivity index (χ0n) is 15.1. The van der Waals surface area contributed by atoms with Crippen LogP contribution in [0.5, 0.6) is 11.5 Å². The summed E-state index contributed by atoms with van der Waals surface area (Å²) in [7, 11) is 3.07. The van der Waals surface area contributed by atoms with Gasteiger partial charge in [-0.3, -0.25) is 4.79 Å². The smallest absolute Gasteiger partial charge is 0.331 e. The van der Waals surface area contributed by atoms with E-state index in [1.807, 2.05) is 0 Å². The Morgan fingerprint density at radius 1 is 1.19 bits per heavy atom. The van der Waals surface area contributed by atoms with Gasteiger partial charge in [0.15, 0.2) is 11.3 Å². The molecule has 27 heavy (non-hydrogen) atoms. The molecule has 0 aliphatic rings. The molecule has 1 atom stereocenters. The predicted octanol–water partition coefficient (Wildman–Crippen LogP) is 3.34. The maximum Gasteiger partial charge on any atom is 0.331 e. The van der Waals surface area contributed by atoms with Gasteiger partial charge in [0.1, 0.15) is 11.5 Å². The summed E-state index contributed by atoms with van der Waals surface area (Å²) in [6.07, 6.45) is 3.24. The maximum absolute atomic E-state index is 12.1. The van der Waals surface area contributed by atoms with Crippen LogP contribution in [0, 0.1) is 0 Å². The molecule has 8 heteroatoms. The third-order valence-corrected chi connectivity index (χ3v) is 3.77. The van der Waals surface area contributed by atoms with Gasteiger partial charge in [-0.15, -0.1) is 0 Å². The number of methoxy groups -OCH3 is 2. The first kappa shape index (κ1) is 20.3. The van der Waals surface area contributed by atoms with Crippen LogP contribution in [0.3, 0.4) is 0 Å². The van der Waals surface area contributed by atoms with Gasteiger partial charge in [0.05, 0.1) is 19.9 Å².